The van der Waals surface area contributed by atoms with Gasteiger partial charge in [0, 0.05) is 72.1 Å². The molecule has 3 heterocycles. The minimum atomic E-state index is -1.29. The average molecular weight is 415 g/mol. The summed E-state index contributed by atoms with van der Waals surface area (Å²) in [4.78, 5) is 36.6. The van der Waals surface area contributed by atoms with Gasteiger partial charge in [0.2, 0.25) is 5.91 Å². The number of carbonyl (C=O) groups is 2. The molecular formula is C23H21N5O3. The second-order valence-electron chi connectivity index (χ2n) is 7.41. The number of nitrogens with zero attached hydrogens (tertiary/aromatic N) is 3. The molecule has 0 radical (unpaired) electrons. The summed E-state index contributed by atoms with van der Waals surface area (Å²) in [6.45, 7) is 0. The molecule has 2 amide bonds. The van der Waals surface area contributed by atoms with Crippen LogP contribution >= 0.6 is 0 Å². The van der Waals surface area contributed by atoms with Gasteiger partial charge in [0.1, 0.15) is 5.65 Å². The number of H-pyrrole nitrogens is 1. The van der Waals surface area contributed by atoms with Crippen molar-refractivity contribution in [3.63, 3.8) is 0 Å². The van der Waals surface area contributed by atoms with Gasteiger partial charge in [-0.05, 0) is 29.8 Å². The summed E-state index contributed by atoms with van der Waals surface area (Å²) in [5.74, 6) is -0.892. The molecule has 0 saturated carbocycles. The van der Waals surface area contributed by atoms with Gasteiger partial charge in [-0.1, -0.05) is 12.1 Å². The number of aromatic nitrogens is 3. The Kier molecular flexibility index (Phi) is 5.22. The number of nitrogens with two attached hydrogens (primary N) is 1. The Labute approximate surface area is 178 Å². The van der Waals surface area contributed by atoms with E-state index in [1.807, 2.05) is 24.4 Å². The number of benzene rings is 1. The van der Waals surface area contributed by atoms with Crippen molar-refractivity contribution < 1.29 is 14.7 Å². The monoisotopic (exact) mass is 415 g/mol. The van der Waals surface area contributed by atoms with Crippen LogP contribution < -0.4 is 5.73 Å². The lowest BCUT2D eigenvalue weighted by Gasteiger charge is -2.16. The van der Waals surface area contributed by atoms with Crippen molar-refractivity contribution in [1.29, 1.82) is 0 Å². The van der Waals surface area contributed by atoms with Crippen molar-refractivity contribution in [2.45, 2.75) is 6.10 Å². The first-order valence-electron chi connectivity index (χ1n) is 9.57. The molecule has 156 valence electrons. The Hall–Kier alpha value is -4.04. The number of aliphatic hydroxyl groups is 1. The molecule has 0 aliphatic heterocycles. The van der Waals surface area contributed by atoms with E-state index in [0.29, 0.717) is 16.8 Å². The van der Waals surface area contributed by atoms with E-state index in [1.165, 1.54) is 11.1 Å². The number of rotatable bonds is 5. The Morgan fingerprint density at radius 1 is 1.03 bits per heavy atom. The highest BCUT2D eigenvalue weighted by Crippen LogP contribution is 2.31. The van der Waals surface area contributed by atoms with Crippen molar-refractivity contribution in [3.8, 4) is 22.3 Å². The molecule has 0 saturated heterocycles. The Balaban J connectivity index is 1.73. The summed E-state index contributed by atoms with van der Waals surface area (Å²) in [6, 6.07) is 10.7. The molecule has 0 aliphatic carbocycles. The summed E-state index contributed by atoms with van der Waals surface area (Å²) < 4.78 is 0. The van der Waals surface area contributed by atoms with Crippen LogP contribution in [0, 0.1) is 0 Å². The SMILES string of the molecule is CN(C)C(=O)C(O)c1cncc(-c2cnc3[nH]cc(-c4ccc(C(N)=O)cc4)c3c2)c1. The predicted molar refractivity (Wildman–Crippen MR) is 117 cm³/mol. The Morgan fingerprint density at radius 2 is 1.74 bits per heavy atom. The fraction of sp³-hybridized carbons (Fsp3) is 0.130. The number of hydrogen-bond donors (Lipinski definition) is 3. The summed E-state index contributed by atoms with van der Waals surface area (Å²) in [5, 5.41) is 11.2. The molecule has 1 unspecified atom stereocenters. The molecule has 8 heteroatoms. The van der Waals surface area contributed by atoms with Gasteiger partial charge in [-0.25, -0.2) is 4.98 Å². The van der Waals surface area contributed by atoms with E-state index in [4.69, 9.17) is 5.73 Å². The molecule has 31 heavy (non-hydrogen) atoms. The predicted octanol–water partition coefficient (Wildman–Crippen LogP) is 2.51. The van der Waals surface area contributed by atoms with Crippen molar-refractivity contribution in [2.24, 2.45) is 5.73 Å². The van der Waals surface area contributed by atoms with Gasteiger partial charge in [-0.2, -0.15) is 0 Å². The van der Waals surface area contributed by atoms with Gasteiger partial charge in [0.05, 0.1) is 0 Å². The summed E-state index contributed by atoms with van der Waals surface area (Å²) in [7, 11) is 3.17. The van der Waals surface area contributed by atoms with E-state index in [0.717, 1.165) is 27.6 Å². The van der Waals surface area contributed by atoms with Crippen molar-refractivity contribution in [2.75, 3.05) is 14.1 Å². The molecule has 3 aromatic heterocycles. The van der Waals surface area contributed by atoms with Crippen LogP contribution in [-0.4, -0.2) is 50.9 Å². The maximum absolute atomic E-state index is 12.1. The molecule has 0 bridgehead atoms. The fourth-order valence-electron chi connectivity index (χ4n) is 3.37. The molecule has 4 N–H and O–H groups in total. The number of primary amides is 1. The maximum Gasteiger partial charge on any atom is 0.255 e. The molecule has 0 fully saturated rings. The lowest BCUT2D eigenvalue weighted by Crippen LogP contribution is -2.28. The minimum Gasteiger partial charge on any atom is -0.378 e. The first-order chi connectivity index (χ1) is 14.8. The maximum atomic E-state index is 12.1. The number of likely N-dealkylation sites (N-methyl/N-ethyl adjacent to an activating group) is 1. The lowest BCUT2D eigenvalue weighted by atomic mass is 10.0. The van der Waals surface area contributed by atoms with E-state index < -0.39 is 17.9 Å². The molecule has 0 aliphatic rings. The molecular weight excluding hydrogens is 394 g/mol. The number of carbonyl (C=O) groups excluding carboxylic acids is 2. The zero-order valence-corrected chi connectivity index (χ0v) is 17.0. The molecule has 1 aromatic carbocycles. The third kappa shape index (κ3) is 3.88. The largest absolute Gasteiger partial charge is 0.378 e. The van der Waals surface area contributed by atoms with Crippen LogP contribution in [0.1, 0.15) is 22.0 Å². The standard InChI is InChI=1S/C23H21N5O3/c1-28(2)23(31)20(29)17-7-15(9-25-10-17)16-8-18-19(12-27-22(18)26-11-16)13-3-5-14(6-4-13)21(24)30/h3-12,20,29H,1-2H3,(H2,24,30)(H,26,27). The van der Waals surface area contributed by atoms with Crippen molar-refractivity contribution in [1.82, 2.24) is 19.9 Å². The number of nitrogens with one attached hydrogen (secondary N) is 1. The molecule has 0 spiro atoms. The number of hydrogen-bond acceptors (Lipinski definition) is 5. The van der Waals surface area contributed by atoms with E-state index in [1.54, 1.807) is 44.7 Å². The van der Waals surface area contributed by atoms with Gasteiger partial charge >= 0.3 is 0 Å². The van der Waals surface area contributed by atoms with Crippen LogP contribution in [0.3, 0.4) is 0 Å². The van der Waals surface area contributed by atoms with Gasteiger partial charge in [0.15, 0.2) is 6.10 Å². The van der Waals surface area contributed by atoms with Crippen LogP contribution in [-0.2, 0) is 4.79 Å². The number of pyridine rings is 2. The van der Waals surface area contributed by atoms with Crippen LogP contribution in [0.4, 0.5) is 0 Å². The highest BCUT2D eigenvalue weighted by atomic mass is 16.3. The summed E-state index contributed by atoms with van der Waals surface area (Å²) in [6.07, 6.45) is 5.41. The normalized spacial score (nSPS) is 12.0. The smallest absolute Gasteiger partial charge is 0.255 e. The lowest BCUT2D eigenvalue weighted by molar-refractivity contribution is -0.137. The molecule has 4 aromatic rings. The average Bonchev–Trinajstić information content (AvgIpc) is 3.21. The molecule has 1 atom stereocenters. The number of aliphatic hydroxyl groups excluding tert-OH is 1. The molecule has 8 nitrogen and oxygen atoms in total. The van der Waals surface area contributed by atoms with Crippen molar-refractivity contribution in [3.05, 3.63) is 72.3 Å². The van der Waals surface area contributed by atoms with Gasteiger partial charge in [0.25, 0.3) is 5.91 Å². The first-order valence-corrected chi connectivity index (χ1v) is 9.57. The van der Waals surface area contributed by atoms with Crippen LogP contribution in [0.15, 0.2) is 61.2 Å². The van der Waals surface area contributed by atoms with E-state index in [2.05, 4.69) is 15.0 Å². The number of aromatic amines is 1. The van der Waals surface area contributed by atoms with E-state index in [-0.39, 0.29) is 0 Å². The quantitative estimate of drug-likeness (QED) is 0.462. The van der Waals surface area contributed by atoms with Gasteiger partial charge < -0.3 is 20.7 Å². The zero-order chi connectivity index (χ0) is 22.1. The van der Waals surface area contributed by atoms with Crippen LogP contribution in [0.25, 0.3) is 33.3 Å². The second kappa shape index (κ2) is 8.00. The van der Waals surface area contributed by atoms with Gasteiger partial charge in [-0.3, -0.25) is 14.6 Å². The first kappa shape index (κ1) is 20.2. The molecule has 4 rings (SSSR count). The second-order valence-corrected chi connectivity index (χ2v) is 7.41. The van der Waals surface area contributed by atoms with Crippen molar-refractivity contribution >= 4 is 22.8 Å². The van der Waals surface area contributed by atoms with E-state index in [9.17, 15) is 14.7 Å². The van der Waals surface area contributed by atoms with E-state index >= 15 is 0 Å². The van der Waals surface area contributed by atoms with Crippen LogP contribution in [0.5, 0.6) is 0 Å². The van der Waals surface area contributed by atoms with Gasteiger partial charge in [-0.15, -0.1) is 0 Å². The summed E-state index contributed by atoms with van der Waals surface area (Å²) >= 11 is 0. The highest BCUT2D eigenvalue weighted by Gasteiger charge is 2.20. The third-order valence-corrected chi connectivity index (χ3v) is 5.09. The highest BCUT2D eigenvalue weighted by molar-refractivity contribution is 5.97. The topological polar surface area (TPSA) is 125 Å². The number of fused-ring (bicyclic) bond motifs is 1. The Morgan fingerprint density at radius 3 is 2.42 bits per heavy atom. The third-order valence-electron chi connectivity index (χ3n) is 5.09. The summed E-state index contributed by atoms with van der Waals surface area (Å²) in [5.41, 5.74) is 10.2. The van der Waals surface area contributed by atoms with Crippen LogP contribution in [0.2, 0.25) is 0 Å². The zero-order valence-electron chi connectivity index (χ0n) is 17.0. The Bertz CT molecular complexity index is 1280. The number of amides is 2. The fourth-order valence-corrected chi connectivity index (χ4v) is 3.37. The minimum absolute atomic E-state index is 0.410.